The Balaban J connectivity index is 3.05. The fraction of sp³-hybridized carbons (Fsp3) is 0. The van der Waals surface area contributed by atoms with Crippen molar-refractivity contribution >= 4 is 6.29 Å². The molecule has 0 aliphatic rings. The summed E-state index contributed by atoms with van der Waals surface area (Å²) in [6.45, 7) is 0. The van der Waals surface area contributed by atoms with Crippen molar-refractivity contribution in [1.29, 1.82) is 5.26 Å². The van der Waals surface area contributed by atoms with Crippen LogP contribution in [-0.4, -0.2) is 6.29 Å². The molecule has 0 aliphatic heterocycles. The number of rotatable bonds is 1. The van der Waals surface area contributed by atoms with Crippen LogP contribution in [0.3, 0.4) is 0 Å². The summed E-state index contributed by atoms with van der Waals surface area (Å²) < 4.78 is 4.73. The molecule has 0 radical (unpaired) electrons. The third-order valence-electron chi connectivity index (χ3n) is 1.06. The van der Waals surface area contributed by atoms with E-state index in [-0.39, 0.29) is 5.76 Å². The van der Waals surface area contributed by atoms with Gasteiger partial charge in [0.1, 0.15) is 0 Å². The summed E-state index contributed by atoms with van der Waals surface area (Å²) >= 11 is 0. The zero-order valence-corrected chi connectivity index (χ0v) is 5.50. The van der Waals surface area contributed by atoms with E-state index < -0.39 is 0 Å². The molecule has 0 aliphatic carbocycles. The highest BCUT2D eigenvalue weighted by Gasteiger charge is 1.99. The van der Waals surface area contributed by atoms with Crippen molar-refractivity contribution in [2.75, 3.05) is 0 Å². The standard InChI is InChI=1S/C8H3NO2/c9-4-1-2-7-3-5-11-8(7)6-10/h3,5-6H. The summed E-state index contributed by atoms with van der Waals surface area (Å²) in [5, 5.41) is 8.09. The van der Waals surface area contributed by atoms with Crippen molar-refractivity contribution in [1.82, 2.24) is 0 Å². The van der Waals surface area contributed by atoms with Gasteiger partial charge in [0.25, 0.3) is 0 Å². The molecule has 0 saturated carbocycles. The maximum atomic E-state index is 10.2. The van der Waals surface area contributed by atoms with Crippen molar-refractivity contribution in [3.63, 3.8) is 0 Å². The second kappa shape index (κ2) is 3.24. The van der Waals surface area contributed by atoms with Crippen LogP contribution in [0.15, 0.2) is 16.7 Å². The Bertz CT molecular complexity index is 359. The lowest BCUT2D eigenvalue weighted by atomic mass is 10.3. The van der Waals surface area contributed by atoms with E-state index in [0.29, 0.717) is 11.8 Å². The fourth-order valence-electron chi connectivity index (χ4n) is 0.611. The fourth-order valence-corrected chi connectivity index (χ4v) is 0.611. The van der Waals surface area contributed by atoms with Gasteiger partial charge < -0.3 is 4.42 Å². The van der Waals surface area contributed by atoms with Gasteiger partial charge in [-0.05, 0) is 12.0 Å². The minimum absolute atomic E-state index is 0.160. The van der Waals surface area contributed by atoms with E-state index >= 15 is 0 Å². The van der Waals surface area contributed by atoms with E-state index in [2.05, 4.69) is 11.8 Å². The van der Waals surface area contributed by atoms with Crippen LogP contribution in [0.5, 0.6) is 0 Å². The van der Waals surface area contributed by atoms with E-state index in [4.69, 9.17) is 9.68 Å². The van der Waals surface area contributed by atoms with Crippen LogP contribution in [0, 0.1) is 23.2 Å². The average molecular weight is 145 g/mol. The van der Waals surface area contributed by atoms with Crippen LogP contribution in [0.2, 0.25) is 0 Å². The Morgan fingerprint density at radius 3 is 3.09 bits per heavy atom. The number of nitriles is 1. The Morgan fingerprint density at radius 2 is 2.45 bits per heavy atom. The molecule has 1 heterocycles. The first kappa shape index (κ1) is 7.11. The van der Waals surface area contributed by atoms with Gasteiger partial charge in [0.2, 0.25) is 0 Å². The maximum Gasteiger partial charge on any atom is 0.186 e. The molecule has 52 valence electrons. The molecule has 0 amide bonds. The summed E-state index contributed by atoms with van der Waals surface area (Å²) in [5.74, 6) is 4.78. The lowest BCUT2D eigenvalue weighted by Gasteiger charge is -1.78. The van der Waals surface area contributed by atoms with Gasteiger partial charge in [0.05, 0.1) is 11.8 Å². The van der Waals surface area contributed by atoms with Gasteiger partial charge in [-0.25, -0.2) is 0 Å². The highest BCUT2D eigenvalue weighted by atomic mass is 16.3. The van der Waals surface area contributed by atoms with Crippen molar-refractivity contribution in [2.45, 2.75) is 0 Å². The number of nitrogens with zero attached hydrogens (tertiary/aromatic N) is 1. The van der Waals surface area contributed by atoms with E-state index in [1.165, 1.54) is 12.3 Å². The number of carbonyl (C=O) groups is 1. The van der Waals surface area contributed by atoms with Crippen molar-refractivity contribution in [3.05, 3.63) is 23.7 Å². The van der Waals surface area contributed by atoms with Crippen LogP contribution >= 0.6 is 0 Å². The summed E-state index contributed by atoms with van der Waals surface area (Å²) in [5.41, 5.74) is 0.446. The molecule has 0 bridgehead atoms. The Morgan fingerprint density at radius 1 is 1.64 bits per heavy atom. The minimum Gasteiger partial charge on any atom is -0.460 e. The first-order valence-electron chi connectivity index (χ1n) is 2.81. The van der Waals surface area contributed by atoms with Gasteiger partial charge in [-0.1, -0.05) is 0 Å². The van der Waals surface area contributed by atoms with Gasteiger partial charge in [-0.3, -0.25) is 4.79 Å². The molecule has 0 fully saturated rings. The van der Waals surface area contributed by atoms with E-state index in [9.17, 15) is 4.79 Å². The van der Waals surface area contributed by atoms with Crippen LogP contribution in [0.25, 0.3) is 0 Å². The van der Waals surface area contributed by atoms with Gasteiger partial charge in [-0.15, -0.1) is 0 Å². The molecule has 0 unspecified atom stereocenters. The number of hydrogen-bond acceptors (Lipinski definition) is 3. The molecule has 0 N–H and O–H groups in total. The first-order valence-corrected chi connectivity index (χ1v) is 2.81. The molecular formula is C8H3NO2. The van der Waals surface area contributed by atoms with E-state index in [0.717, 1.165) is 0 Å². The summed E-state index contributed by atoms with van der Waals surface area (Å²) in [6.07, 6.45) is 1.91. The predicted octanol–water partition coefficient (Wildman–Crippen LogP) is 0.967. The van der Waals surface area contributed by atoms with Gasteiger partial charge in [0.15, 0.2) is 18.1 Å². The smallest absolute Gasteiger partial charge is 0.186 e. The van der Waals surface area contributed by atoms with Crippen molar-refractivity contribution in [3.8, 4) is 17.9 Å². The SMILES string of the molecule is N#CC#Cc1ccoc1C=O. The number of hydrogen-bond donors (Lipinski definition) is 0. The molecule has 0 spiro atoms. The van der Waals surface area contributed by atoms with Gasteiger partial charge in [-0.2, -0.15) is 5.26 Å². The van der Waals surface area contributed by atoms with Crippen LogP contribution in [0.4, 0.5) is 0 Å². The third kappa shape index (κ3) is 1.47. The molecule has 3 nitrogen and oxygen atoms in total. The maximum absolute atomic E-state index is 10.2. The van der Waals surface area contributed by atoms with Crippen LogP contribution in [-0.2, 0) is 0 Å². The van der Waals surface area contributed by atoms with Crippen molar-refractivity contribution in [2.24, 2.45) is 0 Å². The van der Waals surface area contributed by atoms with Crippen LogP contribution in [0.1, 0.15) is 16.1 Å². The van der Waals surface area contributed by atoms with Gasteiger partial charge in [0, 0.05) is 5.92 Å². The predicted molar refractivity (Wildman–Crippen MR) is 36.6 cm³/mol. The summed E-state index contributed by atoms with van der Waals surface area (Å²) in [6, 6.07) is 3.17. The molecule has 1 aromatic rings. The lowest BCUT2D eigenvalue weighted by Crippen LogP contribution is -1.77. The highest BCUT2D eigenvalue weighted by Crippen LogP contribution is 2.04. The molecule has 0 aromatic carbocycles. The highest BCUT2D eigenvalue weighted by molar-refractivity contribution is 5.75. The average Bonchev–Trinajstić information content (AvgIpc) is 2.47. The third-order valence-corrected chi connectivity index (χ3v) is 1.06. The lowest BCUT2D eigenvalue weighted by molar-refractivity contribution is 0.110. The second-order valence-electron chi connectivity index (χ2n) is 1.68. The monoisotopic (exact) mass is 145 g/mol. The zero-order valence-electron chi connectivity index (χ0n) is 5.50. The Hall–Kier alpha value is -2.00. The topological polar surface area (TPSA) is 54.0 Å². The first-order chi connectivity index (χ1) is 5.38. The summed E-state index contributed by atoms with van der Waals surface area (Å²) in [7, 11) is 0. The number of aldehydes is 1. The summed E-state index contributed by atoms with van der Waals surface area (Å²) in [4.78, 5) is 10.2. The quantitative estimate of drug-likeness (QED) is 0.437. The van der Waals surface area contributed by atoms with Gasteiger partial charge >= 0.3 is 0 Å². The molecule has 0 atom stereocenters. The Kier molecular flexibility index (Phi) is 2.09. The molecule has 3 heteroatoms. The zero-order chi connectivity index (χ0) is 8.10. The molecule has 1 rings (SSSR count). The largest absolute Gasteiger partial charge is 0.460 e. The normalized spacial score (nSPS) is 7.55. The molecular weight excluding hydrogens is 142 g/mol. The van der Waals surface area contributed by atoms with Crippen LogP contribution < -0.4 is 0 Å². The number of furan rings is 1. The number of carbonyl (C=O) groups excluding carboxylic acids is 1. The Labute approximate surface area is 63.2 Å². The second-order valence-corrected chi connectivity index (χ2v) is 1.68. The van der Waals surface area contributed by atoms with E-state index in [1.807, 2.05) is 0 Å². The minimum atomic E-state index is 0.160. The molecule has 11 heavy (non-hydrogen) atoms. The van der Waals surface area contributed by atoms with E-state index in [1.54, 1.807) is 6.07 Å². The van der Waals surface area contributed by atoms with Crippen molar-refractivity contribution < 1.29 is 9.21 Å². The molecule has 1 aromatic heterocycles. The molecule has 0 saturated heterocycles.